The molecule has 0 bridgehead atoms. The number of anilines is 2. The third kappa shape index (κ3) is 5.59. The second-order valence-corrected chi connectivity index (χ2v) is 10.7. The number of carbonyl (C=O) groups excluding carboxylic acids is 1. The summed E-state index contributed by atoms with van der Waals surface area (Å²) in [5, 5.41) is 7.25. The lowest BCUT2D eigenvalue weighted by Crippen LogP contribution is -2.40. The van der Waals surface area contributed by atoms with Gasteiger partial charge in [0, 0.05) is 64.8 Å². The second-order valence-electron chi connectivity index (χ2n) is 10.3. The van der Waals surface area contributed by atoms with Crippen LogP contribution in [-0.4, -0.2) is 56.6 Å². The Morgan fingerprint density at radius 1 is 1.10 bits per heavy atom. The quantitative estimate of drug-likeness (QED) is 0.295. The maximum Gasteiger partial charge on any atom is 0.260 e. The van der Waals surface area contributed by atoms with Crippen molar-refractivity contribution < 1.29 is 4.79 Å². The van der Waals surface area contributed by atoms with Crippen molar-refractivity contribution in [3.63, 3.8) is 0 Å². The van der Waals surface area contributed by atoms with Gasteiger partial charge in [0.15, 0.2) is 0 Å². The topological polar surface area (TPSA) is 118 Å². The van der Waals surface area contributed by atoms with Crippen molar-refractivity contribution in [2.75, 3.05) is 25.0 Å². The number of amides is 1. The fourth-order valence-corrected chi connectivity index (χ4v) is 5.39. The largest absolute Gasteiger partial charge is 0.350 e. The van der Waals surface area contributed by atoms with Gasteiger partial charge in [0.05, 0.1) is 17.6 Å². The first-order chi connectivity index (χ1) is 20.4. The highest BCUT2D eigenvalue weighted by atomic mass is 35.5. The number of aryl methyl sites for hydroxylation is 1. The number of fused-ring (bicyclic) bond motifs is 1. The van der Waals surface area contributed by atoms with Crippen LogP contribution in [-0.2, 0) is 11.3 Å². The van der Waals surface area contributed by atoms with E-state index in [0.717, 1.165) is 29.9 Å². The molecule has 3 aromatic heterocycles. The number of benzene rings is 2. The fraction of sp³-hybridized carbons (Fsp3) is 0.226. The van der Waals surface area contributed by atoms with Crippen LogP contribution >= 0.6 is 11.6 Å². The number of hydrogen-bond acceptors (Lipinski definition) is 8. The molecule has 1 atom stereocenters. The smallest absolute Gasteiger partial charge is 0.260 e. The highest BCUT2D eigenvalue weighted by molar-refractivity contribution is 6.33. The highest BCUT2D eigenvalue weighted by Gasteiger charge is 2.21. The minimum absolute atomic E-state index is 0.0174. The molecule has 2 aromatic carbocycles. The third-order valence-corrected chi connectivity index (χ3v) is 7.61. The summed E-state index contributed by atoms with van der Waals surface area (Å²) >= 11 is 6.76. The van der Waals surface area contributed by atoms with Crippen molar-refractivity contribution in [2.45, 2.75) is 25.9 Å². The first kappa shape index (κ1) is 27.5. The molecule has 2 N–H and O–H groups in total. The Labute approximate surface area is 247 Å². The molecule has 4 heterocycles. The number of hydrogen-bond donors (Lipinski definition) is 2. The van der Waals surface area contributed by atoms with E-state index in [2.05, 4.69) is 25.6 Å². The van der Waals surface area contributed by atoms with Crippen molar-refractivity contribution >= 4 is 40.2 Å². The van der Waals surface area contributed by atoms with Crippen LogP contribution in [0.4, 0.5) is 11.6 Å². The van der Waals surface area contributed by atoms with Crippen molar-refractivity contribution in [1.29, 1.82) is 0 Å². The van der Waals surface area contributed by atoms with Gasteiger partial charge >= 0.3 is 0 Å². The van der Waals surface area contributed by atoms with E-state index in [1.807, 2.05) is 55.3 Å². The molecule has 1 aliphatic rings. The number of carbonyl (C=O) groups is 1. The summed E-state index contributed by atoms with van der Waals surface area (Å²) in [6, 6.07) is 16.8. The van der Waals surface area contributed by atoms with Crippen LogP contribution in [0.2, 0.25) is 5.02 Å². The van der Waals surface area contributed by atoms with Crippen LogP contribution in [0.3, 0.4) is 0 Å². The molecular weight excluding hydrogens is 552 g/mol. The Kier molecular flexibility index (Phi) is 7.64. The van der Waals surface area contributed by atoms with Gasteiger partial charge < -0.3 is 15.5 Å². The molecule has 0 aliphatic carbocycles. The highest BCUT2D eigenvalue weighted by Crippen LogP contribution is 2.32. The maximum atomic E-state index is 14.1. The average molecular weight is 581 g/mol. The molecule has 10 nitrogen and oxygen atoms in total. The molecule has 1 saturated heterocycles. The Balaban J connectivity index is 1.44. The molecule has 0 spiro atoms. The SMILES string of the molecule is Cc1cncc(-c2ccc(-c3cc4cnc(N(C)c5ccccc5)nc4n(CC(=O)N[C@@H]4CCNC4)c3=O)c(Cl)c2)n1. The lowest BCUT2D eigenvalue weighted by Gasteiger charge is -2.19. The minimum atomic E-state index is -0.376. The van der Waals surface area contributed by atoms with Gasteiger partial charge in [-0.15, -0.1) is 0 Å². The number of halogens is 1. The summed E-state index contributed by atoms with van der Waals surface area (Å²) in [7, 11) is 1.85. The molecule has 6 rings (SSSR count). The lowest BCUT2D eigenvalue weighted by atomic mass is 10.0. The van der Waals surface area contributed by atoms with Crippen LogP contribution in [0, 0.1) is 6.92 Å². The van der Waals surface area contributed by atoms with Gasteiger partial charge in [-0.25, -0.2) is 9.97 Å². The van der Waals surface area contributed by atoms with Crippen LogP contribution in [0.15, 0.2) is 78.0 Å². The average Bonchev–Trinajstić information content (AvgIpc) is 3.51. The van der Waals surface area contributed by atoms with E-state index in [-0.39, 0.29) is 24.1 Å². The van der Waals surface area contributed by atoms with Gasteiger partial charge in [-0.3, -0.25) is 19.1 Å². The number of aromatic nitrogens is 5. The van der Waals surface area contributed by atoms with Crippen LogP contribution in [0.5, 0.6) is 0 Å². The zero-order chi connectivity index (χ0) is 29.2. The van der Waals surface area contributed by atoms with E-state index < -0.39 is 0 Å². The Morgan fingerprint density at radius 2 is 1.93 bits per heavy atom. The van der Waals surface area contributed by atoms with Crippen molar-refractivity contribution in [1.82, 2.24) is 35.1 Å². The van der Waals surface area contributed by atoms with Gasteiger partial charge in [0.1, 0.15) is 12.2 Å². The normalized spacial score (nSPS) is 14.7. The van der Waals surface area contributed by atoms with E-state index in [0.29, 0.717) is 45.4 Å². The molecule has 1 aliphatic heterocycles. The number of rotatable bonds is 7. The molecule has 212 valence electrons. The van der Waals surface area contributed by atoms with Gasteiger partial charge in [-0.05, 0) is 44.2 Å². The van der Waals surface area contributed by atoms with E-state index in [9.17, 15) is 9.59 Å². The molecule has 0 unspecified atom stereocenters. The monoisotopic (exact) mass is 580 g/mol. The Morgan fingerprint density at radius 3 is 2.67 bits per heavy atom. The number of nitrogens with zero attached hydrogens (tertiary/aromatic N) is 6. The van der Waals surface area contributed by atoms with E-state index >= 15 is 0 Å². The van der Waals surface area contributed by atoms with Gasteiger partial charge in [0.25, 0.3) is 5.56 Å². The van der Waals surface area contributed by atoms with Crippen LogP contribution < -0.4 is 21.1 Å². The van der Waals surface area contributed by atoms with Crippen molar-refractivity contribution in [2.24, 2.45) is 0 Å². The maximum absolute atomic E-state index is 14.1. The molecule has 5 aromatic rings. The first-order valence-corrected chi connectivity index (χ1v) is 14.0. The van der Waals surface area contributed by atoms with Gasteiger partial charge in [-0.1, -0.05) is 41.9 Å². The summed E-state index contributed by atoms with van der Waals surface area (Å²) in [5.41, 5.74) is 4.00. The summed E-state index contributed by atoms with van der Waals surface area (Å²) in [6.07, 6.45) is 5.85. The zero-order valence-electron chi connectivity index (χ0n) is 23.2. The van der Waals surface area contributed by atoms with Crippen LogP contribution in [0.1, 0.15) is 12.1 Å². The van der Waals surface area contributed by atoms with Crippen molar-refractivity contribution in [3.8, 4) is 22.4 Å². The second kappa shape index (κ2) is 11.7. The lowest BCUT2D eigenvalue weighted by molar-refractivity contribution is -0.122. The molecule has 1 fully saturated rings. The van der Waals surface area contributed by atoms with Crippen LogP contribution in [0.25, 0.3) is 33.4 Å². The van der Waals surface area contributed by atoms with Gasteiger partial charge in [0.2, 0.25) is 11.9 Å². The summed E-state index contributed by atoms with van der Waals surface area (Å²) in [5.74, 6) is 0.136. The summed E-state index contributed by atoms with van der Waals surface area (Å²) in [6.45, 7) is 3.21. The summed E-state index contributed by atoms with van der Waals surface area (Å²) < 4.78 is 1.41. The van der Waals surface area contributed by atoms with E-state index in [1.54, 1.807) is 36.8 Å². The molecular formula is C31H29ClN8O2. The number of nitrogens with one attached hydrogen (secondary N) is 2. The zero-order valence-corrected chi connectivity index (χ0v) is 24.0. The fourth-order valence-electron chi connectivity index (χ4n) is 5.11. The van der Waals surface area contributed by atoms with E-state index in [4.69, 9.17) is 16.6 Å². The van der Waals surface area contributed by atoms with E-state index in [1.165, 1.54) is 4.57 Å². The predicted octanol–water partition coefficient (Wildman–Crippen LogP) is 4.12. The Hall–Kier alpha value is -4.67. The summed E-state index contributed by atoms with van der Waals surface area (Å²) in [4.78, 5) is 47.1. The molecule has 1 amide bonds. The van der Waals surface area contributed by atoms with Crippen molar-refractivity contribution in [3.05, 3.63) is 94.3 Å². The number of pyridine rings is 1. The van der Waals surface area contributed by atoms with Gasteiger partial charge in [-0.2, -0.15) is 4.98 Å². The number of para-hydroxylation sites is 1. The molecule has 42 heavy (non-hydrogen) atoms. The molecule has 0 saturated carbocycles. The predicted molar refractivity (Wildman–Crippen MR) is 164 cm³/mol. The first-order valence-electron chi connectivity index (χ1n) is 13.7. The Bertz CT molecular complexity index is 1840. The molecule has 11 heteroatoms. The standard InChI is InChI=1S/C31H29ClN8O2/c1-19-14-34-17-27(36-19)20-8-9-24(26(32)13-20)25-12-21-15-35-31(39(2)23-6-4-3-5-7-23)38-29(21)40(30(25)42)18-28(41)37-22-10-11-33-16-22/h3-9,12-15,17,22,33H,10-11,16,18H2,1-2H3,(H,37,41)/t22-/m1/s1. The minimum Gasteiger partial charge on any atom is -0.350 e. The third-order valence-electron chi connectivity index (χ3n) is 7.29. The molecule has 0 radical (unpaired) electrons.